The average Bonchev–Trinajstić information content (AvgIpc) is 2.79. The molecule has 7 heteroatoms. The van der Waals surface area contributed by atoms with Gasteiger partial charge in [0.15, 0.2) is 0 Å². The molecular formula is C11H13N3O4. The minimum Gasteiger partial charge on any atom is -0.480 e. The Kier molecular flexibility index (Phi) is 3.14. The maximum absolute atomic E-state index is 11.9. The van der Waals surface area contributed by atoms with Crippen molar-refractivity contribution >= 4 is 11.9 Å². The molecule has 0 bridgehead atoms. The number of carbonyl (C=O) groups is 2. The number of nitrogens with zero attached hydrogens (tertiary/aromatic N) is 1. The summed E-state index contributed by atoms with van der Waals surface area (Å²) in [4.78, 5) is 33.9. The second-order valence-electron chi connectivity index (χ2n) is 4.35. The lowest BCUT2D eigenvalue weighted by Crippen LogP contribution is -2.52. The third-order valence-corrected chi connectivity index (χ3v) is 3.13. The molecule has 0 atom stereocenters. The summed E-state index contributed by atoms with van der Waals surface area (Å²) < 4.78 is 0. The Hall–Kier alpha value is -2.18. The Labute approximate surface area is 102 Å². The Bertz CT molecular complexity index is 511. The molecule has 1 fully saturated rings. The lowest BCUT2D eigenvalue weighted by atomic mass is 9.97. The van der Waals surface area contributed by atoms with E-state index in [1.807, 2.05) is 0 Å². The SMILES string of the molecule is O=C(NC1(C(=O)O)CCCC1)c1ccc(=O)[nH]n1. The van der Waals surface area contributed by atoms with E-state index in [-0.39, 0.29) is 5.69 Å². The van der Waals surface area contributed by atoms with Gasteiger partial charge in [-0.2, -0.15) is 5.10 Å². The Morgan fingerprint density at radius 2 is 2.00 bits per heavy atom. The molecule has 1 aromatic heterocycles. The number of hydrogen-bond acceptors (Lipinski definition) is 4. The highest BCUT2D eigenvalue weighted by atomic mass is 16.4. The average molecular weight is 251 g/mol. The van der Waals surface area contributed by atoms with Crippen LogP contribution in [0.3, 0.4) is 0 Å². The summed E-state index contributed by atoms with van der Waals surface area (Å²) in [5.74, 6) is -1.62. The van der Waals surface area contributed by atoms with Crippen LogP contribution < -0.4 is 10.9 Å². The monoisotopic (exact) mass is 251 g/mol. The van der Waals surface area contributed by atoms with Gasteiger partial charge in [0.25, 0.3) is 11.5 Å². The van der Waals surface area contributed by atoms with Crippen molar-refractivity contribution in [1.82, 2.24) is 15.5 Å². The van der Waals surface area contributed by atoms with Crippen LogP contribution in [0.15, 0.2) is 16.9 Å². The van der Waals surface area contributed by atoms with Crippen LogP contribution in [0.4, 0.5) is 0 Å². The maximum Gasteiger partial charge on any atom is 0.329 e. The zero-order valence-electron chi connectivity index (χ0n) is 9.60. The predicted molar refractivity (Wildman–Crippen MR) is 61.2 cm³/mol. The first kappa shape index (κ1) is 12.3. The molecule has 0 aliphatic heterocycles. The van der Waals surface area contributed by atoms with Crippen molar-refractivity contribution in [3.63, 3.8) is 0 Å². The smallest absolute Gasteiger partial charge is 0.329 e. The fourth-order valence-corrected chi connectivity index (χ4v) is 2.12. The lowest BCUT2D eigenvalue weighted by molar-refractivity contribution is -0.144. The summed E-state index contributed by atoms with van der Waals surface area (Å²) in [5, 5.41) is 17.4. The van der Waals surface area contributed by atoms with Gasteiger partial charge in [0.1, 0.15) is 11.2 Å². The Balaban J connectivity index is 2.17. The minimum absolute atomic E-state index is 0.00197. The number of aromatic amines is 1. The number of H-pyrrole nitrogens is 1. The highest BCUT2D eigenvalue weighted by molar-refractivity contribution is 5.96. The number of aliphatic carboxylic acids is 1. The highest BCUT2D eigenvalue weighted by Crippen LogP contribution is 2.30. The van der Waals surface area contributed by atoms with E-state index in [0.29, 0.717) is 12.8 Å². The summed E-state index contributed by atoms with van der Waals surface area (Å²) in [6.07, 6.45) is 2.37. The molecule has 0 unspecified atom stereocenters. The molecule has 0 saturated heterocycles. The van der Waals surface area contributed by atoms with E-state index in [1.54, 1.807) is 0 Å². The first-order valence-electron chi connectivity index (χ1n) is 5.65. The van der Waals surface area contributed by atoms with Crippen LogP contribution in [0, 0.1) is 0 Å². The topological polar surface area (TPSA) is 112 Å². The van der Waals surface area contributed by atoms with E-state index in [4.69, 9.17) is 0 Å². The second kappa shape index (κ2) is 4.59. The van der Waals surface area contributed by atoms with Gasteiger partial charge in [0, 0.05) is 6.07 Å². The molecule has 1 aliphatic carbocycles. The number of aromatic nitrogens is 2. The quantitative estimate of drug-likeness (QED) is 0.694. The minimum atomic E-state index is -1.20. The van der Waals surface area contributed by atoms with Crippen LogP contribution in [-0.2, 0) is 4.79 Å². The number of rotatable bonds is 3. The Morgan fingerprint density at radius 3 is 2.50 bits per heavy atom. The van der Waals surface area contributed by atoms with Crippen molar-refractivity contribution in [3.8, 4) is 0 Å². The standard InChI is InChI=1S/C11H13N3O4/c15-8-4-3-7(13-14-8)9(16)12-11(10(17)18)5-1-2-6-11/h3-4H,1-2,5-6H2,(H,12,16)(H,14,15)(H,17,18). The van der Waals surface area contributed by atoms with Crippen LogP contribution in [0.5, 0.6) is 0 Å². The van der Waals surface area contributed by atoms with Crippen LogP contribution >= 0.6 is 0 Å². The summed E-state index contributed by atoms with van der Waals surface area (Å²) in [6, 6.07) is 2.43. The molecule has 0 spiro atoms. The molecule has 7 nitrogen and oxygen atoms in total. The third kappa shape index (κ3) is 2.24. The van der Waals surface area contributed by atoms with Gasteiger partial charge in [0.05, 0.1) is 0 Å². The number of carboxylic acid groups (broad SMARTS) is 1. The molecular weight excluding hydrogens is 238 g/mol. The number of amides is 1. The molecule has 0 aromatic carbocycles. The van der Waals surface area contributed by atoms with Gasteiger partial charge >= 0.3 is 5.97 Å². The van der Waals surface area contributed by atoms with E-state index in [9.17, 15) is 19.5 Å². The largest absolute Gasteiger partial charge is 0.480 e. The molecule has 1 aromatic rings. The van der Waals surface area contributed by atoms with E-state index in [1.165, 1.54) is 12.1 Å². The second-order valence-corrected chi connectivity index (χ2v) is 4.35. The van der Waals surface area contributed by atoms with Gasteiger partial charge < -0.3 is 10.4 Å². The summed E-state index contributed by atoms with van der Waals surface area (Å²) in [7, 11) is 0. The molecule has 0 radical (unpaired) electrons. The molecule has 96 valence electrons. The fraction of sp³-hybridized carbons (Fsp3) is 0.455. The third-order valence-electron chi connectivity index (χ3n) is 3.13. The maximum atomic E-state index is 11.9. The zero-order valence-corrected chi connectivity index (χ0v) is 9.60. The van der Waals surface area contributed by atoms with Crippen LogP contribution in [0.2, 0.25) is 0 Å². The first-order chi connectivity index (χ1) is 8.53. The van der Waals surface area contributed by atoms with Crippen molar-refractivity contribution in [2.45, 2.75) is 31.2 Å². The van der Waals surface area contributed by atoms with Gasteiger partial charge in [-0.05, 0) is 18.9 Å². The van der Waals surface area contributed by atoms with Gasteiger partial charge in [-0.1, -0.05) is 12.8 Å². The van der Waals surface area contributed by atoms with E-state index in [2.05, 4.69) is 15.5 Å². The zero-order chi connectivity index (χ0) is 13.2. The highest BCUT2D eigenvalue weighted by Gasteiger charge is 2.42. The molecule has 3 N–H and O–H groups in total. The number of carbonyl (C=O) groups excluding carboxylic acids is 1. The molecule has 18 heavy (non-hydrogen) atoms. The fourth-order valence-electron chi connectivity index (χ4n) is 2.12. The van der Waals surface area contributed by atoms with E-state index in [0.717, 1.165) is 12.8 Å². The van der Waals surface area contributed by atoms with Crippen LogP contribution in [0.1, 0.15) is 36.2 Å². The van der Waals surface area contributed by atoms with Crippen LogP contribution in [0.25, 0.3) is 0 Å². The van der Waals surface area contributed by atoms with Crippen molar-refractivity contribution in [1.29, 1.82) is 0 Å². The normalized spacial score (nSPS) is 17.3. The van der Waals surface area contributed by atoms with E-state index < -0.39 is 23.0 Å². The summed E-state index contributed by atoms with van der Waals surface area (Å²) >= 11 is 0. The number of carboxylic acids is 1. The number of nitrogens with one attached hydrogen (secondary N) is 2. The van der Waals surface area contributed by atoms with Crippen LogP contribution in [-0.4, -0.2) is 32.7 Å². The molecule has 2 rings (SSSR count). The van der Waals surface area contributed by atoms with Gasteiger partial charge in [0.2, 0.25) is 0 Å². The molecule has 1 aliphatic rings. The predicted octanol–water partition coefficient (Wildman–Crippen LogP) is -0.103. The Morgan fingerprint density at radius 1 is 1.33 bits per heavy atom. The van der Waals surface area contributed by atoms with Gasteiger partial charge in [-0.25, -0.2) is 9.89 Å². The first-order valence-corrected chi connectivity index (χ1v) is 5.65. The molecule has 1 amide bonds. The van der Waals surface area contributed by atoms with Crippen molar-refractivity contribution in [2.75, 3.05) is 0 Å². The summed E-state index contributed by atoms with van der Waals surface area (Å²) in [5.41, 5.74) is -1.61. The van der Waals surface area contributed by atoms with Gasteiger partial charge in [-0.15, -0.1) is 0 Å². The number of hydrogen-bond donors (Lipinski definition) is 3. The van der Waals surface area contributed by atoms with E-state index >= 15 is 0 Å². The van der Waals surface area contributed by atoms with Crippen molar-refractivity contribution < 1.29 is 14.7 Å². The molecule has 1 heterocycles. The molecule has 1 saturated carbocycles. The van der Waals surface area contributed by atoms with Gasteiger partial charge in [-0.3, -0.25) is 9.59 Å². The van der Waals surface area contributed by atoms with Crippen molar-refractivity contribution in [3.05, 3.63) is 28.2 Å². The summed E-state index contributed by atoms with van der Waals surface area (Å²) in [6.45, 7) is 0. The van der Waals surface area contributed by atoms with Crippen molar-refractivity contribution in [2.24, 2.45) is 0 Å². The lowest BCUT2D eigenvalue weighted by Gasteiger charge is -2.24.